The number of piperidine rings is 1. The molecule has 3 N–H and O–H groups in total. The van der Waals surface area contributed by atoms with E-state index in [4.69, 9.17) is 10.8 Å². The number of pyridine rings is 1. The van der Waals surface area contributed by atoms with Crippen LogP contribution in [0.4, 0.5) is 5.82 Å². The number of aromatic nitrogens is 1. The Morgan fingerprint density at radius 1 is 1.39 bits per heavy atom. The molecule has 96 valence electrons. The van der Waals surface area contributed by atoms with E-state index in [1.165, 1.54) is 0 Å². The summed E-state index contributed by atoms with van der Waals surface area (Å²) in [6, 6.07) is 3.29. The highest BCUT2D eigenvalue weighted by Gasteiger charge is 2.26. The van der Waals surface area contributed by atoms with Gasteiger partial charge in [0, 0.05) is 19.3 Å². The lowest BCUT2D eigenvalue weighted by Crippen LogP contribution is -2.37. The third-order valence-corrected chi connectivity index (χ3v) is 3.20. The number of nitrogens with zero attached hydrogens (tertiary/aromatic N) is 2. The second-order valence-corrected chi connectivity index (χ2v) is 4.34. The fourth-order valence-electron chi connectivity index (χ4n) is 2.18. The number of amides is 1. The van der Waals surface area contributed by atoms with Gasteiger partial charge in [-0.3, -0.25) is 9.59 Å². The van der Waals surface area contributed by atoms with E-state index in [2.05, 4.69) is 4.98 Å². The van der Waals surface area contributed by atoms with Gasteiger partial charge in [-0.2, -0.15) is 0 Å². The number of carboxylic acids is 1. The Kier molecular flexibility index (Phi) is 3.45. The predicted molar refractivity (Wildman–Crippen MR) is 65.3 cm³/mol. The van der Waals surface area contributed by atoms with E-state index in [9.17, 15) is 9.59 Å². The van der Waals surface area contributed by atoms with Gasteiger partial charge in [-0.15, -0.1) is 0 Å². The van der Waals surface area contributed by atoms with Gasteiger partial charge < -0.3 is 15.7 Å². The van der Waals surface area contributed by atoms with Gasteiger partial charge in [0.25, 0.3) is 5.91 Å². The minimum atomic E-state index is -0.759. The van der Waals surface area contributed by atoms with Crippen LogP contribution in [0.25, 0.3) is 0 Å². The first-order chi connectivity index (χ1) is 8.59. The Hall–Kier alpha value is -2.11. The van der Waals surface area contributed by atoms with Crippen molar-refractivity contribution in [3.63, 3.8) is 0 Å². The molecule has 0 atom stereocenters. The van der Waals surface area contributed by atoms with Crippen LogP contribution >= 0.6 is 0 Å². The summed E-state index contributed by atoms with van der Waals surface area (Å²) < 4.78 is 0. The molecule has 1 amide bonds. The number of anilines is 1. The van der Waals surface area contributed by atoms with Crippen LogP contribution in [0, 0.1) is 5.92 Å². The zero-order chi connectivity index (χ0) is 13.1. The molecule has 1 fully saturated rings. The fourth-order valence-corrected chi connectivity index (χ4v) is 2.18. The summed E-state index contributed by atoms with van der Waals surface area (Å²) in [7, 11) is 0. The van der Waals surface area contributed by atoms with Crippen molar-refractivity contribution in [2.75, 3.05) is 18.0 Å². The summed E-state index contributed by atoms with van der Waals surface area (Å²) in [6.45, 7) is 1.16. The summed E-state index contributed by atoms with van der Waals surface area (Å²) in [5.41, 5.74) is 5.68. The molecule has 1 aromatic heterocycles. The number of hydrogen-bond donors (Lipinski definition) is 2. The third-order valence-electron chi connectivity index (χ3n) is 3.20. The number of hydrogen-bond acceptors (Lipinski definition) is 4. The van der Waals surface area contributed by atoms with Crippen molar-refractivity contribution in [2.45, 2.75) is 12.8 Å². The van der Waals surface area contributed by atoms with Crippen molar-refractivity contribution in [3.05, 3.63) is 23.9 Å². The maximum absolute atomic E-state index is 11.3. The molecule has 0 spiro atoms. The van der Waals surface area contributed by atoms with Gasteiger partial charge in [0.1, 0.15) is 5.82 Å². The molecule has 1 aromatic rings. The second kappa shape index (κ2) is 5.03. The SMILES string of the molecule is NC(=O)c1cccnc1N1CCC(C(=O)O)CC1. The molecule has 6 heteroatoms. The first kappa shape index (κ1) is 12.3. The van der Waals surface area contributed by atoms with Crippen LogP contribution in [0.5, 0.6) is 0 Å². The van der Waals surface area contributed by atoms with Crippen LogP contribution in [0.3, 0.4) is 0 Å². The predicted octanol–water partition coefficient (Wildman–Crippen LogP) is 0.481. The van der Waals surface area contributed by atoms with E-state index < -0.39 is 11.9 Å². The smallest absolute Gasteiger partial charge is 0.306 e. The molecule has 2 heterocycles. The normalized spacial score (nSPS) is 16.6. The lowest BCUT2D eigenvalue weighted by Gasteiger charge is -2.31. The molecule has 0 aromatic carbocycles. The molecule has 0 unspecified atom stereocenters. The molecule has 2 rings (SSSR count). The summed E-state index contributed by atoms with van der Waals surface area (Å²) >= 11 is 0. The number of rotatable bonds is 3. The van der Waals surface area contributed by atoms with Crippen molar-refractivity contribution in [3.8, 4) is 0 Å². The Balaban J connectivity index is 2.15. The number of nitrogens with two attached hydrogens (primary N) is 1. The molecule has 1 aliphatic heterocycles. The van der Waals surface area contributed by atoms with Gasteiger partial charge in [-0.25, -0.2) is 4.98 Å². The highest BCUT2D eigenvalue weighted by Crippen LogP contribution is 2.24. The van der Waals surface area contributed by atoms with Gasteiger partial charge in [-0.1, -0.05) is 0 Å². The lowest BCUT2D eigenvalue weighted by molar-refractivity contribution is -0.142. The Morgan fingerprint density at radius 2 is 2.06 bits per heavy atom. The number of aliphatic carboxylic acids is 1. The summed E-state index contributed by atoms with van der Waals surface area (Å²) in [5, 5.41) is 8.93. The highest BCUT2D eigenvalue weighted by atomic mass is 16.4. The molecule has 0 bridgehead atoms. The van der Waals surface area contributed by atoms with Crippen molar-refractivity contribution in [1.29, 1.82) is 0 Å². The molecule has 1 aliphatic rings. The fraction of sp³-hybridized carbons (Fsp3) is 0.417. The van der Waals surface area contributed by atoms with Gasteiger partial charge >= 0.3 is 5.97 Å². The molecular weight excluding hydrogens is 234 g/mol. The summed E-state index contributed by atoms with van der Waals surface area (Å²) in [5.74, 6) is -1.03. The van der Waals surface area contributed by atoms with E-state index in [0.717, 1.165) is 0 Å². The molecule has 0 aliphatic carbocycles. The average Bonchev–Trinajstić information content (AvgIpc) is 2.39. The highest BCUT2D eigenvalue weighted by molar-refractivity contribution is 5.97. The van der Waals surface area contributed by atoms with Crippen LogP contribution in [-0.2, 0) is 4.79 Å². The monoisotopic (exact) mass is 249 g/mol. The van der Waals surface area contributed by atoms with Crippen LogP contribution in [0.1, 0.15) is 23.2 Å². The topological polar surface area (TPSA) is 96.5 Å². The van der Waals surface area contributed by atoms with Crippen LogP contribution in [-0.4, -0.2) is 35.1 Å². The molecule has 6 nitrogen and oxygen atoms in total. The number of carbonyl (C=O) groups is 2. The van der Waals surface area contributed by atoms with Crippen LogP contribution in [0.2, 0.25) is 0 Å². The van der Waals surface area contributed by atoms with Crippen LogP contribution < -0.4 is 10.6 Å². The number of carboxylic acid groups (broad SMARTS) is 1. The first-order valence-electron chi connectivity index (χ1n) is 5.82. The Morgan fingerprint density at radius 3 is 2.61 bits per heavy atom. The maximum atomic E-state index is 11.3. The van der Waals surface area contributed by atoms with E-state index in [-0.39, 0.29) is 5.92 Å². The molecule has 1 saturated heterocycles. The van der Waals surface area contributed by atoms with Gasteiger partial charge in [0.2, 0.25) is 0 Å². The molecular formula is C12H15N3O3. The zero-order valence-electron chi connectivity index (χ0n) is 9.87. The van der Waals surface area contributed by atoms with E-state index >= 15 is 0 Å². The van der Waals surface area contributed by atoms with Gasteiger partial charge in [0.15, 0.2) is 0 Å². The molecule has 18 heavy (non-hydrogen) atoms. The van der Waals surface area contributed by atoms with E-state index in [0.29, 0.717) is 37.3 Å². The van der Waals surface area contributed by atoms with Crippen molar-refractivity contribution in [2.24, 2.45) is 11.7 Å². The van der Waals surface area contributed by atoms with Crippen molar-refractivity contribution < 1.29 is 14.7 Å². The van der Waals surface area contributed by atoms with Crippen molar-refractivity contribution in [1.82, 2.24) is 4.98 Å². The Bertz CT molecular complexity index is 467. The molecule has 0 radical (unpaired) electrons. The largest absolute Gasteiger partial charge is 0.481 e. The standard InChI is InChI=1S/C12H15N3O3/c13-10(16)9-2-1-5-14-11(9)15-6-3-8(4-7-15)12(17)18/h1-2,5,8H,3-4,6-7H2,(H2,13,16)(H,17,18). The van der Waals surface area contributed by atoms with Crippen LogP contribution in [0.15, 0.2) is 18.3 Å². The minimum absolute atomic E-state index is 0.304. The summed E-state index contributed by atoms with van der Waals surface area (Å²) in [6.07, 6.45) is 2.72. The van der Waals surface area contributed by atoms with E-state index in [1.807, 2.05) is 4.90 Å². The third kappa shape index (κ3) is 2.42. The second-order valence-electron chi connectivity index (χ2n) is 4.34. The van der Waals surface area contributed by atoms with Crippen molar-refractivity contribution >= 4 is 17.7 Å². The quantitative estimate of drug-likeness (QED) is 0.812. The Labute approximate surface area is 104 Å². The minimum Gasteiger partial charge on any atom is -0.481 e. The summed E-state index contributed by atoms with van der Waals surface area (Å²) in [4.78, 5) is 28.3. The zero-order valence-corrected chi connectivity index (χ0v) is 9.87. The first-order valence-corrected chi connectivity index (χ1v) is 5.82. The average molecular weight is 249 g/mol. The maximum Gasteiger partial charge on any atom is 0.306 e. The number of primary amides is 1. The molecule has 0 saturated carbocycles. The van der Waals surface area contributed by atoms with E-state index in [1.54, 1.807) is 18.3 Å². The van der Waals surface area contributed by atoms with Gasteiger partial charge in [-0.05, 0) is 25.0 Å². The lowest BCUT2D eigenvalue weighted by atomic mass is 9.97. The number of carbonyl (C=O) groups excluding carboxylic acids is 1. The van der Waals surface area contributed by atoms with Gasteiger partial charge in [0.05, 0.1) is 11.5 Å².